The number of amides is 1. The number of carbonyl (C=O) groups excluding carboxylic acids is 1. The Hall–Kier alpha value is -2.05. The summed E-state index contributed by atoms with van der Waals surface area (Å²) in [5, 5.41) is 13.0. The summed E-state index contributed by atoms with van der Waals surface area (Å²) in [5.74, 6) is 0.841. The van der Waals surface area contributed by atoms with Crippen molar-refractivity contribution in [1.82, 2.24) is 10.2 Å². The Morgan fingerprint density at radius 2 is 2.15 bits per heavy atom. The minimum absolute atomic E-state index is 0.141. The third-order valence-corrected chi connectivity index (χ3v) is 4.69. The van der Waals surface area contributed by atoms with Crippen LogP contribution in [0.25, 0.3) is 11.1 Å². The molecule has 1 unspecified atom stereocenters. The number of hydrogen-bond acceptors (Lipinski definition) is 5. The fourth-order valence-electron chi connectivity index (χ4n) is 3.42. The van der Waals surface area contributed by atoms with E-state index in [9.17, 15) is 9.90 Å². The first-order valence-electron chi connectivity index (χ1n) is 9.37. The van der Waals surface area contributed by atoms with Crippen LogP contribution < -0.4 is 10.1 Å². The quantitative estimate of drug-likeness (QED) is 0.708. The van der Waals surface area contributed by atoms with Crippen molar-refractivity contribution in [1.29, 1.82) is 0 Å². The average Bonchev–Trinajstić information content (AvgIpc) is 3.23. The standard InChI is InChI=1S/C20H28N2O4/c1-14(2)21-19(23)6-10-26-18-11-15-13-25-9-5-16(15)17(18)12-20(24)22-7-3-4-8-22/h5,9,11,13-14,19,21,23H,3-4,6-8,10,12H2,1-2H3. The molecule has 3 rings (SSSR count). The van der Waals surface area contributed by atoms with E-state index in [4.69, 9.17) is 9.15 Å². The summed E-state index contributed by atoms with van der Waals surface area (Å²) in [4.78, 5) is 14.5. The molecule has 0 bridgehead atoms. The Kier molecular flexibility index (Phi) is 6.16. The Labute approximate surface area is 154 Å². The number of hydrogen-bond donors (Lipinski definition) is 2. The van der Waals surface area contributed by atoms with E-state index in [1.54, 1.807) is 12.5 Å². The molecule has 1 atom stereocenters. The highest BCUT2D eigenvalue weighted by molar-refractivity contribution is 5.85. The van der Waals surface area contributed by atoms with Crippen LogP contribution in [0.3, 0.4) is 0 Å². The molecule has 26 heavy (non-hydrogen) atoms. The van der Waals surface area contributed by atoms with Crippen LogP contribution in [0.2, 0.25) is 0 Å². The molecule has 3 aliphatic rings. The van der Waals surface area contributed by atoms with Gasteiger partial charge < -0.3 is 19.2 Å². The van der Waals surface area contributed by atoms with Crippen molar-refractivity contribution in [2.45, 2.75) is 51.8 Å². The monoisotopic (exact) mass is 360 g/mol. The maximum absolute atomic E-state index is 12.6. The number of aliphatic hydroxyl groups is 1. The molecule has 2 aliphatic heterocycles. The van der Waals surface area contributed by atoms with Gasteiger partial charge in [-0.1, -0.05) is 0 Å². The van der Waals surface area contributed by atoms with E-state index in [1.165, 1.54) is 0 Å². The van der Waals surface area contributed by atoms with Crippen LogP contribution in [0.4, 0.5) is 0 Å². The van der Waals surface area contributed by atoms with Gasteiger partial charge in [0.1, 0.15) is 12.0 Å². The number of fused-ring (bicyclic) bond motifs is 1. The molecule has 0 aromatic rings. The highest BCUT2D eigenvalue weighted by atomic mass is 16.5. The summed E-state index contributed by atoms with van der Waals surface area (Å²) in [5.41, 5.74) is 2.81. The van der Waals surface area contributed by atoms with Gasteiger partial charge >= 0.3 is 0 Å². The molecule has 0 spiro atoms. The maximum Gasteiger partial charge on any atom is 0.227 e. The van der Waals surface area contributed by atoms with Crippen LogP contribution in [0.1, 0.15) is 38.7 Å². The third kappa shape index (κ3) is 4.56. The van der Waals surface area contributed by atoms with Gasteiger partial charge in [0, 0.05) is 36.7 Å². The van der Waals surface area contributed by atoms with E-state index in [0.29, 0.717) is 25.2 Å². The van der Waals surface area contributed by atoms with E-state index in [2.05, 4.69) is 5.32 Å². The Bertz CT molecular complexity index is 691. The van der Waals surface area contributed by atoms with Gasteiger partial charge in [0.05, 0.1) is 25.6 Å². The number of likely N-dealkylation sites (tertiary alicyclic amines) is 1. The number of aliphatic hydroxyl groups excluding tert-OH is 1. The molecule has 0 aromatic carbocycles. The minimum Gasteiger partial charge on any atom is -0.493 e. The first-order valence-corrected chi connectivity index (χ1v) is 9.37. The summed E-state index contributed by atoms with van der Waals surface area (Å²) >= 11 is 0. The second-order valence-electron chi connectivity index (χ2n) is 7.15. The van der Waals surface area contributed by atoms with Crippen molar-refractivity contribution in [3.63, 3.8) is 0 Å². The van der Waals surface area contributed by atoms with Crippen LogP contribution in [-0.2, 0) is 11.2 Å². The molecule has 0 saturated carbocycles. The van der Waals surface area contributed by atoms with Gasteiger partial charge in [-0.25, -0.2) is 0 Å². The van der Waals surface area contributed by atoms with Crippen molar-refractivity contribution in [2.75, 3.05) is 19.7 Å². The zero-order valence-corrected chi connectivity index (χ0v) is 15.5. The fraction of sp³-hybridized carbons (Fsp3) is 0.550. The summed E-state index contributed by atoms with van der Waals surface area (Å²) in [7, 11) is 0. The second kappa shape index (κ2) is 8.56. The first-order chi connectivity index (χ1) is 12.5. The highest BCUT2D eigenvalue weighted by Crippen LogP contribution is 2.37. The minimum atomic E-state index is -0.607. The molecule has 6 nitrogen and oxygen atoms in total. The van der Waals surface area contributed by atoms with Gasteiger partial charge in [0.15, 0.2) is 0 Å². The fourth-order valence-corrected chi connectivity index (χ4v) is 3.42. The molecule has 1 saturated heterocycles. The van der Waals surface area contributed by atoms with E-state index in [-0.39, 0.29) is 11.9 Å². The van der Waals surface area contributed by atoms with Crippen LogP contribution in [0.5, 0.6) is 5.75 Å². The molecule has 1 amide bonds. The largest absolute Gasteiger partial charge is 0.493 e. The molecule has 6 heteroatoms. The second-order valence-corrected chi connectivity index (χ2v) is 7.15. The number of ether oxygens (including phenoxy) is 1. The van der Waals surface area contributed by atoms with Gasteiger partial charge in [-0.2, -0.15) is 0 Å². The van der Waals surface area contributed by atoms with E-state index in [1.807, 2.05) is 30.9 Å². The molecule has 2 N–H and O–H groups in total. The molecule has 0 radical (unpaired) electrons. The van der Waals surface area contributed by atoms with Crippen molar-refractivity contribution in [2.24, 2.45) is 0 Å². The number of nitrogens with zero attached hydrogens (tertiary/aromatic N) is 1. The summed E-state index contributed by atoms with van der Waals surface area (Å²) in [6.07, 6.45) is 5.64. The summed E-state index contributed by atoms with van der Waals surface area (Å²) in [6, 6.07) is 4.00. The topological polar surface area (TPSA) is 74.9 Å². The normalized spacial score (nSPS) is 15.8. The van der Waals surface area contributed by atoms with E-state index in [0.717, 1.165) is 42.6 Å². The molecule has 1 fully saturated rings. The number of nitrogens with one attached hydrogen (secondary N) is 1. The van der Waals surface area contributed by atoms with Crippen LogP contribution in [0.15, 0.2) is 29.1 Å². The van der Waals surface area contributed by atoms with Crippen molar-refractivity contribution < 1.29 is 19.1 Å². The first kappa shape index (κ1) is 18.7. The van der Waals surface area contributed by atoms with Gasteiger partial charge in [-0.15, -0.1) is 0 Å². The van der Waals surface area contributed by atoms with Gasteiger partial charge in [-0.3, -0.25) is 10.1 Å². The Morgan fingerprint density at radius 3 is 2.88 bits per heavy atom. The zero-order valence-electron chi connectivity index (χ0n) is 15.5. The summed E-state index contributed by atoms with van der Waals surface area (Å²) < 4.78 is 11.2. The van der Waals surface area contributed by atoms with E-state index < -0.39 is 6.23 Å². The molecule has 0 aromatic heterocycles. The Balaban J connectivity index is 1.69. The van der Waals surface area contributed by atoms with Gasteiger partial charge in [0.2, 0.25) is 5.91 Å². The lowest BCUT2D eigenvalue weighted by Crippen LogP contribution is -2.35. The maximum atomic E-state index is 12.6. The lowest BCUT2D eigenvalue weighted by molar-refractivity contribution is -0.129. The lowest BCUT2D eigenvalue weighted by Gasteiger charge is -2.17. The predicted molar refractivity (Wildman–Crippen MR) is 99.2 cm³/mol. The SMILES string of the molecule is CC(C)NC(O)CCOc1cc2coccc-2c1CC(=O)N1CCCC1. The van der Waals surface area contributed by atoms with Crippen molar-refractivity contribution >= 4 is 5.91 Å². The van der Waals surface area contributed by atoms with Crippen LogP contribution in [0, 0.1) is 0 Å². The number of rotatable bonds is 8. The molecule has 2 heterocycles. The molecular formula is C20H28N2O4. The lowest BCUT2D eigenvalue weighted by atomic mass is 10.1. The van der Waals surface area contributed by atoms with Crippen molar-refractivity contribution in [3.05, 3.63) is 30.2 Å². The molecular weight excluding hydrogens is 332 g/mol. The zero-order chi connectivity index (χ0) is 18.5. The Morgan fingerprint density at radius 1 is 1.38 bits per heavy atom. The third-order valence-electron chi connectivity index (χ3n) is 4.69. The highest BCUT2D eigenvalue weighted by Gasteiger charge is 2.24. The van der Waals surface area contributed by atoms with Gasteiger partial charge in [-0.05, 0) is 44.4 Å². The van der Waals surface area contributed by atoms with E-state index >= 15 is 0 Å². The van der Waals surface area contributed by atoms with Crippen LogP contribution >= 0.6 is 0 Å². The summed E-state index contributed by atoms with van der Waals surface area (Å²) in [6.45, 7) is 6.03. The predicted octanol–water partition coefficient (Wildman–Crippen LogP) is 2.63. The average molecular weight is 360 g/mol. The van der Waals surface area contributed by atoms with Gasteiger partial charge in [0.25, 0.3) is 0 Å². The van der Waals surface area contributed by atoms with Crippen LogP contribution in [-0.4, -0.2) is 47.9 Å². The number of carbonyl (C=O) groups is 1. The molecule has 1 aliphatic carbocycles. The van der Waals surface area contributed by atoms with Crippen molar-refractivity contribution in [3.8, 4) is 16.9 Å². The smallest absolute Gasteiger partial charge is 0.227 e. The molecule has 142 valence electrons.